The number of ketones is 1. The van der Waals surface area contributed by atoms with Gasteiger partial charge in [-0.2, -0.15) is 0 Å². The molecule has 116 valence electrons. The predicted molar refractivity (Wildman–Crippen MR) is 83.6 cm³/mol. The first-order valence-electron chi connectivity index (χ1n) is 6.83. The number of para-hydroxylation sites is 1. The summed E-state index contributed by atoms with van der Waals surface area (Å²) in [7, 11) is -3.86. The lowest BCUT2D eigenvalue weighted by Gasteiger charge is -2.10. The molecule has 2 rings (SSSR count). The van der Waals surface area contributed by atoms with Gasteiger partial charge in [0, 0.05) is 5.56 Å². The van der Waals surface area contributed by atoms with Crippen LogP contribution in [0, 0.1) is 0 Å². The minimum Gasteiger partial charge on any atom is -0.457 e. The van der Waals surface area contributed by atoms with Crippen LogP contribution in [-0.2, 0) is 9.09 Å². The van der Waals surface area contributed by atoms with Crippen molar-refractivity contribution in [2.75, 3.05) is 12.8 Å². The van der Waals surface area contributed by atoms with Crippen molar-refractivity contribution < 1.29 is 23.5 Å². The fourth-order valence-corrected chi connectivity index (χ4v) is 2.89. The van der Waals surface area contributed by atoms with E-state index in [2.05, 4.69) is 4.52 Å². The number of hydrogen-bond donors (Lipinski definition) is 1. The van der Waals surface area contributed by atoms with Crippen LogP contribution in [0.1, 0.15) is 17.3 Å². The average Bonchev–Trinajstić information content (AvgIpc) is 2.48. The minimum atomic E-state index is -3.86. The molecule has 0 amide bonds. The second-order valence-electron chi connectivity index (χ2n) is 4.58. The third-order valence-corrected chi connectivity index (χ3v) is 4.18. The summed E-state index contributed by atoms with van der Waals surface area (Å²) in [5.74, 6) is 0.836. The average molecular weight is 320 g/mol. The van der Waals surface area contributed by atoms with Crippen molar-refractivity contribution in [3.8, 4) is 11.5 Å². The first-order chi connectivity index (χ1) is 10.5. The predicted octanol–water partition coefficient (Wildman–Crippen LogP) is 3.88. The van der Waals surface area contributed by atoms with Gasteiger partial charge in [-0.15, -0.1) is 0 Å². The second-order valence-corrected chi connectivity index (χ2v) is 6.43. The molecule has 1 N–H and O–H groups in total. The van der Waals surface area contributed by atoms with Gasteiger partial charge in [-0.3, -0.25) is 9.36 Å². The summed E-state index contributed by atoms with van der Waals surface area (Å²) in [5, 5.41) is 0. The highest BCUT2D eigenvalue weighted by molar-refractivity contribution is 7.53. The molecule has 2 aromatic carbocycles. The van der Waals surface area contributed by atoms with Crippen molar-refractivity contribution in [1.29, 1.82) is 0 Å². The van der Waals surface area contributed by atoms with Gasteiger partial charge in [0.1, 0.15) is 17.7 Å². The summed E-state index contributed by atoms with van der Waals surface area (Å²) in [6, 6.07) is 15.7. The maximum Gasteiger partial charge on any atom is 0.335 e. The number of ether oxygens (including phenoxy) is 1. The van der Waals surface area contributed by atoms with Crippen LogP contribution in [0.15, 0.2) is 54.6 Å². The Kier molecular flexibility index (Phi) is 5.50. The van der Waals surface area contributed by atoms with Gasteiger partial charge in [-0.05, 0) is 43.3 Å². The summed E-state index contributed by atoms with van der Waals surface area (Å²) in [4.78, 5) is 21.4. The van der Waals surface area contributed by atoms with E-state index in [4.69, 9.17) is 4.74 Å². The van der Waals surface area contributed by atoms with Crippen molar-refractivity contribution in [1.82, 2.24) is 0 Å². The molecule has 0 saturated heterocycles. The number of benzene rings is 2. The van der Waals surface area contributed by atoms with Crippen LogP contribution in [-0.4, -0.2) is 23.4 Å². The second kappa shape index (κ2) is 7.36. The number of Topliss-reactive ketones (excluding diaryl/α,β-unsaturated/α-hetero) is 1. The van der Waals surface area contributed by atoms with E-state index in [0.717, 1.165) is 0 Å². The lowest BCUT2D eigenvalue weighted by atomic mass is 10.1. The lowest BCUT2D eigenvalue weighted by molar-refractivity contribution is 0.101. The molecule has 1 unspecified atom stereocenters. The van der Waals surface area contributed by atoms with Crippen molar-refractivity contribution in [3.05, 3.63) is 60.2 Å². The molecule has 0 aliphatic rings. The van der Waals surface area contributed by atoms with Crippen molar-refractivity contribution in [2.24, 2.45) is 0 Å². The molecular formula is C16H17O5P. The largest absolute Gasteiger partial charge is 0.457 e. The van der Waals surface area contributed by atoms with E-state index < -0.39 is 19.5 Å². The zero-order chi connectivity index (χ0) is 16.0. The maximum absolute atomic E-state index is 12.0. The number of carbonyl (C=O) groups is 1. The zero-order valence-corrected chi connectivity index (χ0v) is 13.0. The Hall–Kier alpha value is -1.94. The minimum absolute atomic E-state index is 0.0882. The summed E-state index contributed by atoms with van der Waals surface area (Å²) in [5.41, 5.74) is 0.342. The van der Waals surface area contributed by atoms with Gasteiger partial charge < -0.3 is 14.2 Å². The highest BCUT2D eigenvalue weighted by Crippen LogP contribution is 2.42. The molecule has 5 nitrogen and oxygen atoms in total. The van der Waals surface area contributed by atoms with Crippen LogP contribution >= 0.6 is 7.60 Å². The first-order valence-corrected chi connectivity index (χ1v) is 8.59. The molecule has 0 bridgehead atoms. The molecule has 6 heteroatoms. The number of carbonyl (C=O) groups excluding carboxylic acids is 1. The Labute approximate surface area is 129 Å². The van der Waals surface area contributed by atoms with E-state index >= 15 is 0 Å². The molecule has 0 heterocycles. The number of rotatable bonds is 7. The van der Waals surface area contributed by atoms with Gasteiger partial charge in [0.2, 0.25) is 0 Å². The smallest absolute Gasteiger partial charge is 0.335 e. The van der Waals surface area contributed by atoms with E-state index in [0.29, 0.717) is 17.1 Å². The van der Waals surface area contributed by atoms with E-state index in [1.807, 2.05) is 30.3 Å². The third kappa shape index (κ3) is 4.81. The summed E-state index contributed by atoms with van der Waals surface area (Å²) in [6.45, 7) is 1.69. The van der Waals surface area contributed by atoms with Gasteiger partial charge in [0.25, 0.3) is 0 Å². The van der Waals surface area contributed by atoms with E-state index in [1.54, 1.807) is 31.2 Å². The van der Waals surface area contributed by atoms with Gasteiger partial charge in [0.15, 0.2) is 5.78 Å². The van der Waals surface area contributed by atoms with E-state index in [1.165, 1.54) is 0 Å². The summed E-state index contributed by atoms with van der Waals surface area (Å²) >= 11 is 0. The van der Waals surface area contributed by atoms with E-state index in [9.17, 15) is 14.3 Å². The molecule has 0 aromatic heterocycles. The molecule has 0 saturated carbocycles. The number of hydrogen-bond acceptors (Lipinski definition) is 4. The van der Waals surface area contributed by atoms with Crippen molar-refractivity contribution in [2.45, 2.75) is 6.92 Å². The zero-order valence-electron chi connectivity index (χ0n) is 12.1. The molecule has 0 radical (unpaired) electrons. The van der Waals surface area contributed by atoms with Gasteiger partial charge in [-0.1, -0.05) is 18.2 Å². The van der Waals surface area contributed by atoms with Crippen LogP contribution in [0.4, 0.5) is 0 Å². The van der Waals surface area contributed by atoms with Gasteiger partial charge >= 0.3 is 7.60 Å². The molecule has 2 aromatic rings. The molecule has 22 heavy (non-hydrogen) atoms. The maximum atomic E-state index is 12.0. The Balaban J connectivity index is 2.02. The molecular weight excluding hydrogens is 303 g/mol. The summed E-state index contributed by atoms with van der Waals surface area (Å²) < 4.78 is 21.9. The van der Waals surface area contributed by atoms with Gasteiger partial charge in [0.05, 0.1) is 6.61 Å². The first kappa shape index (κ1) is 16.4. The normalized spacial score (nSPS) is 13.4. The molecule has 0 spiro atoms. The molecule has 1 atom stereocenters. The van der Waals surface area contributed by atoms with Crippen molar-refractivity contribution >= 4 is 13.4 Å². The lowest BCUT2D eigenvalue weighted by Crippen LogP contribution is -2.07. The Morgan fingerprint density at radius 3 is 2.23 bits per heavy atom. The van der Waals surface area contributed by atoms with Crippen LogP contribution in [0.2, 0.25) is 0 Å². The molecule has 0 aliphatic carbocycles. The van der Waals surface area contributed by atoms with Crippen molar-refractivity contribution in [3.63, 3.8) is 0 Å². The summed E-state index contributed by atoms with van der Waals surface area (Å²) in [6.07, 6.45) is -0.528. The quantitative estimate of drug-likeness (QED) is 0.619. The molecule has 0 fully saturated rings. The third-order valence-electron chi connectivity index (χ3n) is 2.83. The highest BCUT2D eigenvalue weighted by atomic mass is 31.2. The fourth-order valence-electron chi connectivity index (χ4n) is 1.85. The van der Waals surface area contributed by atoms with Crippen LogP contribution in [0.25, 0.3) is 0 Å². The van der Waals surface area contributed by atoms with Crippen LogP contribution in [0.3, 0.4) is 0 Å². The SMILES string of the molecule is CCOP(=O)(O)CC(=O)c1ccc(Oc2ccccc2)cc1. The Morgan fingerprint density at radius 1 is 1.05 bits per heavy atom. The van der Waals surface area contributed by atoms with Gasteiger partial charge in [-0.25, -0.2) is 0 Å². The van der Waals surface area contributed by atoms with Crippen LogP contribution < -0.4 is 4.74 Å². The Bertz CT molecular complexity index is 667. The highest BCUT2D eigenvalue weighted by Gasteiger charge is 2.24. The monoisotopic (exact) mass is 320 g/mol. The standard InChI is InChI=1S/C16H17O5P/c1-2-20-22(18,19)12-16(17)13-8-10-15(11-9-13)21-14-6-4-3-5-7-14/h3-11H,2,12H2,1H3,(H,18,19). The molecule has 0 aliphatic heterocycles. The van der Waals surface area contributed by atoms with E-state index in [-0.39, 0.29) is 6.61 Å². The fraction of sp³-hybridized carbons (Fsp3) is 0.188. The van der Waals surface area contributed by atoms with Crippen LogP contribution in [0.5, 0.6) is 11.5 Å². The topological polar surface area (TPSA) is 72.8 Å². The Morgan fingerprint density at radius 2 is 1.64 bits per heavy atom.